The van der Waals surface area contributed by atoms with E-state index < -0.39 is 28.7 Å². The molecule has 1 aromatic carbocycles. The van der Waals surface area contributed by atoms with Crippen LogP contribution in [0, 0.1) is 45.8 Å². The molecule has 3 N–H and O–H groups in total. The summed E-state index contributed by atoms with van der Waals surface area (Å²) in [6.07, 6.45) is 5.69. The molecule has 0 saturated heterocycles. The van der Waals surface area contributed by atoms with E-state index in [0.717, 1.165) is 19.3 Å². The highest BCUT2D eigenvalue weighted by molar-refractivity contribution is 5.98. The largest absolute Gasteiger partial charge is 0.496 e. The Morgan fingerprint density at radius 3 is 2.31 bits per heavy atom. The predicted molar refractivity (Wildman–Crippen MR) is 138 cm³/mol. The number of carbonyl (C=O) groups is 3. The van der Waals surface area contributed by atoms with Gasteiger partial charge in [0.25, 0.3) is 5.91 Å². The molecule has 0 aliphatic heterocycles. The summed E-state index contributed by atoms with van der Waals surface area (Å²) in [5, 5.41) is 34.7. The van der Waals surface area contributed by atoms with E-state index in [-0.39, 0.29) is 52.5 Å². The van der Waals surface area contributed by atoms with E-state index in [0.29, 0.717) is 38.5 Å². The molecular weight excluding hydrogens is 500 g/mol. The summed E-state index contributed by atoms with van der Waals surface area (Å²) < 4.78 is 11.6. The van der Waals surface area contributed by atoms with E-state index in [4.69, 9.17) is 9.47 Å². The van der Waals surface area contributed by atoms with Crippen LogP contribution in [0.3, 0.4) is 0 Å². The van der Waals surface area contributed by atoms with Crippen LogP contribution < -0.4 is 20.1 Å². The fourth-order valence-electron chi connectivity index (χ4n) is 6.65. The van der Waals surface area contributed by atoms with Gasteiger partial charge in [-0.15, -0.1) is 0 Å². The molecule has 0 unspecified atom stereocenters. The number of amides is 2. The monoisotopic (exact) mass is 534 g/mol. The standard InChI is InChI=1S/C29H34N4O6/c1-28(27(36)37)7-5-19(6-8-28)39-21-13-20(22(38-2)12-18(21)14-30)25(34)32-24-17-4-3-16(11-17)23(24)26(35)33-29(15-31)9-10-29/h12-13,16-17,19,23-24H,3-11H2,1-2H3,(H,32,34)(H,33,35)(H,36,37)/t16-,17+,19-,23+,24-,28+/m1/s1. The molecule has 4 aliphatic rings. The van der Waals surface area contributed by atoms with Gasteiger partial charge in [0.05, 0.1) is 41.7 Å². The van der Waals surface area contributed by atoms with Gasteiger partial charge in [-0.1, -0.05) is 0 Å². The lowest BCUT2D eigenvalue weighted by molar-refractivity contribution is -0.150. The first-order valence-electron chi connectivity index (χ1n) is 13.7. The molecule has 0 aromatic heterocycles. The predicted octanol–water partition coefficient (Wildman–Crippen LogP) is 3.30. The number of rotatable bonds is 8. The van der Waals surface area contributed by atoms with Gasteiger partial charge in [0.2, 0.25) is 5.91 Å². The van der Waals surface area contributed by atoms with Crippen LogP contribution in [0.2, 0.25) is 0 Å². The van der Waals surface area contributed by atoms with Crippen LogP contribution in [0.1, 0.15) is 80.6 Å². The summed E-state index contributed by atoms with van der Waals surface area (Å²) in [7, 11) is 1.42. The number of hydrogen-bond acceptors (Lipinski definition) is 7. The minimum atomic E-state index is -0.824. The maximum absolute atomic E-state index is 13.6. The highest BCUT2D eigenvalue weighted by atomic mass is 16.5. The van der Waals surface area contributed by atoms with E-state index in [1.165, 1.54) is 19.2 Å². The maximum Gasteiger partial charge on any atom is 0.309 e. The summed E-state index contributed by atoms with van der Waals surface area (Å²) in [6, 6.07) is 6.93. The lowest BCUT2D eigenvalue weighted by Gasteiger charge is -2.34. The second-order valence-electron chi connectivity index (χ2n) is 11.9. The van der Waals surface area contributed by atoms with Gasteiger partial charge >= 0.3 is 5.97 Å². The molecule has 2 amide bonds. The van der Waals surface area contributed by atoms with E-state index in [1.807, 2.05) is 0 Å². The van der Waals surface area contributed by atoms with E-state index in [9.17, 15) is 30.0 Å². The molecule has 39 heavy (non-hydrogen) atoms. The fourth-order valence-corrected chi connectivity index (χ4v) is 6.65. The van der Waals surface area contributed by atoms with Crippen LogP contribution in [-0.2, 0) is 9.59 Å². The Bertz CT molecular complexity index is 1270. The normalized spacial score (nSPS) is 31.8. The first kappa shape index (κ1) is 26.8. The molecule has 4 fully saturated rings. The summed E-state index contributed by atoms with van der Waals surface area (Å²) in [4.78, 5) is 38.4. The number of hydrogen-bond donors (Lipinski definition) is 3. The third-order valence-electron chi connectivity index (χ3n) is 9.36. The zero-order chi connectivity index (χ0) is 27.9. The van der Waals surface area contributed by atoms with Crippen LogP contribution >= 0.6 is 0 Å². The van der Waals surface area contributed by atoms with Crippen molar-refractivity contribution in [1.82, 2.24) is 10.6 Å². The first-order chi connectivity index (χ1) is 18.6. The van der Waals surface area contributed by atoms with Crippen molar-refractivity contribution in [2.75, 3.05) is 7.11 Å². The van der Waals surface area contributed by atoms with Crippen molar-refractivity contribution < 1.29 is 29.0 Å². The number of nitrogens with one attached hydrogen (secondary N) is 2. The van der Waals surface area contributed by atoms with Crippen molar-refractivity contribution in [3.8, 4) is 23.6 Å². The zero-order valence-electron chi connectivity index (χ0n) is 22.3. The Morgan fingerprint density at radius 1 is 1.03 bits per heavy atom. The molecule has 206 valence electrons. The molecule has 1 aromatic rings. The van der Waals surface area contributed by atoms with Crippen molar-refractivity contribution in [1.29, 1.82) is 10.5 Å². The average Bonchev–Trinajstić information content (AvgIpc) is 3.39. The Hall–Kier alpha value is -3.79. The summed E-state index contributed by atoms with van der Waals surface area (Å²) in [6.45, 7) is 1.73. The molecule has 10 nitrogen and oxygen atoms in total. The molecule has 10 heteroatoms. The smallest absolute Gasteiger partial charge is 0.309 e. The van der Waals surface area contributed by atoms with Gasteiger partial charge in [-0.05, 0) is 82.6 Å². The van der Waals surface area contributed by atoms with Crippen LogP contribution in [0.15, 0.2) is 12.1 Å². The molecule has 0 heterocycles. The van der Waals surface area contributed by atoms with Crippen molar-refractivity contribution in [3.63, 3.8) is 0 Å². The van der Waals surface area contributed by atoms with Crippen molar-refractivity contribution in [2.24, 2.45) is 23.2 Å². The summed E-state index contributed by atoms with van der Waals surface area (Å²) in [5.41, 5.74) is -1.13. The van der Waals surface area contributed by atoms with E-state index in [1.54, 1.807) is 6.92 Å². The minimum absolute atomic E-state index is 0.166. The Morgan fingerprint density at radius 2 is 1.72 bits per heavy atom. The lowest BCUT2D eigenvalue weighted by Crippen LogP contribution is -2.52. The molecular formula is C29H34N4O6. The third-order valence-corrected chi connectivity index (χ3v) is 9.36. The topological polar surface area (TPSA) is 162 Å². The molecule has 5 rings (SSSR count). The van der Waals surface area contributed by atoms with Gasteiger partial charge in [-0.3, -0.25) is 14.4 Å². The summed E-state index contributed by atoms with van der Waals surface area (Å²) in [5.74, 6) is -0.993. The highest BCUT2D eigenvalue weighted by Crippen LogP contribution is 2.49. The number of carboxylic acid groups (broad SMARTS) is 1. The fraction of sp³-hybridized carbons (Fsp3) is 0.621. The average molecular weight is 535 g/mol. The van der Waals surface area contributed by atoms with Gasteiger partial charge in [-0.2, -0.15) is 10.5 Å². The number of carbonyl (C=O) groups excluding carboxylic acids is 2. The maximum atomic E-state index is 13.6. The number of nitriles is 2. The number of nitrogens with zero attached hydrogens (tertiary/aromatic N) is 2. The number of ether oxygens (including phenoxy) is 2. The summed E-state index contributed by atoms with van der Waals surface area (Å²) >= 11 is 0. The van der Waals surface area contributed by atoms with Gasteiger partial charge in [0, 0.05) is 12.1 Å². The minimum Gasteiger partial charge on any atom is -0.496 e. The molecule has 2 bridgehead atoms. The van der Waals surface area contributed by atoms with Crippen LogP contribution in [0.25, 0.3) is 0 Å². The molecule has 4 aliphatic carbocycles. The Labute approximate surface area is 227 Å². The number of aliphatic carboxylic acids is 1. The Kier molecular flexibility index (Phi) is 6.92. The Balaban J connectivity index is 1.34. The van der Waals surface area contributed by atoms with Crippen LogP contribution in [0.5, 0.6) is 11.5 Å². The molecule has 0 radical (unpaired) electrons. The number of fused-ring (bicyclic) bond motifs is 2. The van der Waals surface area contributed by atoms with Crippen LogP contribution in [0.4, 0.5) is 0 Å². The second kappa shape index (κ2) is 10.1. The second-order valence-corrected chi connectivity index (χ2v) is 11.9. The number of carboxylic acids is 1. The van der Waals surface area contributed by atoms with Gasteiger partial charge in [0.15, 0.2) is 0 Å². The van der Waals surface area contributed by atoms with Crippen molar-refractivity contribution in [2.45, 2.75) is 82.4 Å². The zero-order valence-corrected chi connectivity index (χ0v) is 22.3. The van der Waals surface area contributed by atoms with Crippen LogP contribution in [-0.4, -0.2) is 47.7 Å². The van der Waals surface area contributed by atoms with E-state index >= 15 is 0 Å². The lowest BCUT2D eigenvalue weighted by atomic mass is 9.75. The molecule has 4 atom stereocenters. The molecule has 4 saturated carbocycles. The quantitative estimate of drug-likeness (QED) is 0.458. The van der Waals surface area contributed by atoms with Crippen molar-refractivity contribution >= 4 is 17.8 Å². The van der Waals surface area contributed by atoms with Gasteiger partial charge in [-0.25, -0.2) is 0 Å². The van der Waals surface area contributed by atoms with Gasteiger partial charge in [0.1, 0.15) is 23.1 Å². The van der Waals surface area contributed by atoms with Crippen molar-refractivity contribution in [3.05, 3.63) is 23.3 Å². The SMILES string of the molecule is COc1cc(C#N)c(O[C@H]2CC[C@@](C)(C(=O)O)CC2)cc1C(=O)N[C@@H]1[C@H]2CC[C@H](C2)[C@@H]1C(=O)NC1(C#N)CC1. The van der Waals surface area contributed by atoms with E-state index in [2.05, 4.69) is 22.8 Å². The highest BCUT2D eigenvalue weighted by Gasteiger charge is 2.54. The number of benzene rings is 1. The number of methoxy groups -OCH3 is 1. The molecule has 0 spiro atoms. The van der Waals surface area contributed by atoms with Gasteiger partial charge < -0.3 is 25.2 Å². The first-order valence-corrected chi connectivity index (χ1v) is 13.7. The third kappa shape index (κ3) is 5.01.